The summed E-state index contributed by atoms with van der Waals surface area (Å²) < 4.78 is 0. The Morgan fingerprint density at radius 1 is 1.14 bits per heavy atom. The van der Waals surface area contributed by atoms with E-state index in [0.29, 0.717) is 0 Å². The molecule has 0 saturated carbocycles. The van der Waals surface area contributed by atoms with Gasteiger partial charge in [0.25, 0.3) is 0 Å². The predicted molar refractivity (Wildman–Crippen MR) is 64.7 cm³/mol. The fourth-order valence-electron chi connectivity index (χ4n) is 1.47. The maximum Gasteiger partial charge on any atom is 0.00970 e. The number of hydrogen-bond donors (Lipinski definition) is 2. The highest BCUT2D eigenvalue weighted by Crippen LogP contribution is 2.02. The summed E-state index contributed by atoms with van der Waals surface area (Å²) in [5.74, 6) is 0.814. The fourth-order valence-corrected chi connectivity index (χ4v) is 1.47. The van der Waals surface area contributed by atoms with E-state index in [2.05, 4.69) is 45.3 Å². The Hall–Kier alpha value is -0.0800. The normalized spacial score (nSPS) is 14.4. The minimum atomic E-state index is 0.247. The van der Waals surface area contributed by atoms with Crippen molar-refractivity contribution in [3.8, 4) is 0 Å². The van der Waals surface area contributed by atoms with Crippen LogP contribution in [0, 0.1) is 5.92 Å². The van der Waals surface area contributed by atoms with Crippen LogP contribution < -0.4 is 10.6 Å². The van der Waals surface area contributed by atoms with E-state index in [1.165, 1.54) is 12.8 Å². The Morgan fingerprint density at radius 2 is 1.79 bits per heavy atom. The van der Waals surface area contributed by atoms with Crippen LogP contribution in [0.4, 0.5) is 0 Å². The number of rotatable bonds is 7. The molecule has 0 bridgehead atoms. The summed E-state index contributed by atoms with van der Waals surface area (Å²) in [6.45, 7) is 14.4. The molecule has 1 atom stereocenters. The first-order valence-electron chi connectivity index (χ1n) is 5.91. The topological polar surface area (TPSA) is 24.1 Å². The van der Waals surface area contributed by atoms with Crippen molar-refractivity contribution in [3.05, 3.63) is 0 Å². The maximum atomic E-state index is 3.48. The minimum Gasteiger partial charge on any atom is -0.315 e. The first-order chi connectivity index (χ1) is 6.45. The van der Waals surface area contributed by atoms with E-state index in [1.807, 2.05) is 0 Å². The molecular formula is C12H28N2. The summed E-state index contributed by atoms with van der Waals surface area (Å²) in [5.41, 5.74) is 0.247. The van der Waals surface area contributed by atoms with Crippen LogP contribution in [0.2, 0.25) is 0 Å². The predicted octanol–water partition coefficient (Wildman–Crippen LogP) is 2.40. The van der Waals surface area contributed by atoms with Crippen molar-refractivity contribution in [1.82, 2.24) is 10.6 Å². The summed E-state index contributed by atoms with van der Waals surface area (Å²) in [5, 5.41) is 6.95. The second-order valence-corrected chi connectivity index (χ2v) is 5.27. The van der Waals surface area contributed by atoms with Crippen molar-refractivity contribution >= 4 is 0 Å². The summed E-state index contributed by atoms with van der Waals surface area (Å²) in [6.07, 6.45) is 2.63. The van der Waals surface area contributed by atoms with Gasteiger partial charge in [-0.3, -0.25) is 0 Å². The third kappa shape index (κ3) is 10.0. The Kier molecular flexibility index (Phi) is 7.20. The summed E-state index contributed by atoms with van der Waals surface area (Å²) in [6, 6.07) is 0. The fraction of sp³-hybridized carbons (Fsp3) is 1.00. The zero-order valence-electron chi connectivity index (χ0n) is 10.6. The highest BCUT2D eigenvalue weighted by atomic mass is 15.0. The molecule has 0 amide bonds. The van der Waals surface area contributed by atoms with Gasteiger partial charge in [-0.15, -0.1) is 0 Å². The van der Waals surface area contributed by atoms with Crippen LogP contribution in [-0.2, 0) is 0 Å². The molecule has 2 N–H and O–H groups in total. The van der Waals surface area contributed by atoms with Gasteiger partial charge in [-0.1, -0.05) is 20.3 Å². The Labute approximate surface area is 89.9 Å². The third-order valence-electron chi connectivity index (χ3n) is 2.23. The molecule has 0 heterocycles. The number of nitrogens with one attached hydrogen (secondary N) is 2. The largest absolute Gasteiger partial charge is 0.315 e. The van der Waals surface area contributed by atoms with E-state index < -0.39 is 0 Å². The van der Waals surface area contributed by atoms with E-state index in [-0.39, 0.29) is 5.54 Å². The van der Waals surface area contributed by atoms with Crippen LogP contribution in [0.15, 0.2) is 0 Å². The summed E-state index contributed by atoms with van der Waals surface area (Å²) in [4.78, 5) is 0. The molecule has 0 aliphatic heterocycles. The Bertz CT molecular complexity index is 127. The van der Waals surface area contributed by atoms with Crippen molar-refractivity contribution in [2.45, 2.75) is 53.0 Å². The van der Waals surface area contributed by atoms with Crippen molar-refractivity contribution in [3.63, 3.8) is 0 Å². The van der Waals surface area contributed by atoms with Gasteiger partial charge < -0.3 is 10.6 Å². The molecule has 2 heteroatoms. The molecule has 0 aromatic heterocycles. The van der Waals surface area contributed by atoms with Gasteiger partial charge in [-0.05, 0) is 39.7 Å². The molecule has 0 rings (SSSR count). The van der Waals surface area contributed by atoms with E-state index in [4.69, 9.17) is 0 Å². The average Bonchev–Trinajstić information content (AvgIpc) is 2.02. The standard InChI is InChI=1S/C12H28N2/c1-6-7-11(2)10-13-8-9-14-12(3,4)5/h11,13-14H,6-10H2,1-5H3. The first kappa shape index (κ1) is 13.9. The monoisotopic (exact) mass is 200 g/mol. The first-order valence-corrected chi connectivity index (χ1v) is 5.91. The van der Waals surface area contributed by atoms with Crippen molar-refractivity contribution in [2.24, 2.45) is 5.92 Å². The molecule has 14 heavy (non-hydrogen) atoms. The second kappa shape index (κ2) is 7.24. The quantitative estimate of drug-likeness (QED) is 0.617. The van der Waals surface area contributed by atoms with Gasteiger partial charge in [-0.25, -0.2) is 0 Å². The van der Waals surface area contributed by atoms with Crippen LogP contribution in [0.25, 0.3) is 0 Å². The van der Waals surface area contributed by atoms with Gasteiger partial charge in [0.1, 0.15) is 0 Å². The highest BCUT2D eigenvalue weighted by Gasteiger charge is 2.07. The van der Waals surface area contributed by atoms with Gasteiger partial charge in [0.05, 0.1) is 0 Å². The molecule has 0 radical (unpaired) electrons. The molecule has 0 fully saturated rings. The van der Waals surface area contributed by atoms with Crippen molar-refractivity contribution in [1.29, 1.82) is 0 Å². The van der Waals surface area contributed by atoms with Crippen molar-refractivity contribution in [2.75, 3.05) is 19.6 Å². The van der Waals surface area contributed by atoms with E-state index in [0.717, 1.165) is 25.6 Å². The average molecular weight is 200 g/mol. The lowest BCUT2D eigenvalue weighted by atomic mass is 10.1. The summed E-state index contributed by atoms with van der Waals surface area (Å²) in [7, 11) is 0. The Balaban J connectivity index is 3.21. The molecule has 1 unspecified atom stereocenters. The number of hydrogen-bond acceptors (Lipinski definition) is 2. The molecule has 0 aromatic carbocycles. The SMILES string of the molecule is CCCC(C)CNCCNC(C)(C)C. The molecule has 0 saturated heterocycles. The molecule has 0 spiro atoms. The van der Waals surface area contributed by atoms with Gasteiger partial charge >= 0.3 is 0 Å². The zero-order valence-corrected chi connectivity index (χ0v) is 10.6. The van der Waals surface area contributed by atoms with Crippen LogP contribution >= 0.6 is 0 Å². The van der Waals surface area contributed by atoms with Crippen molar-refractivity contribution < 1.29 is 0 Å². The zero-order chi connectivity index (χ0) is 11.0. The maximum absolute atomic E-state index is 3.48. The lowest BCUT2D eigenvalue weighted by molar-refractivity contribution is 0.409. The lowest BCUT2D eigenvalue weighted by Gasteiger charge is -2.21. The Morgan fingerprint density at radius 3 is 2.29 bits per heavy atom. The van der Waals surface area contributed by atoms with E-state index in [1.54, 1.807) is 0 Å². The molecule has 86 valence electrons. The van der Waals surface area contributed by atoms with Gasteiger partial charge in [0.2, 0.25) is 0 Å². The second-order valence-electron chi connectivity index (χ2n) is 5.27. The lowest BCUT2D eigenvalue weighted by Crippen LogP contribution is -2.40. The summed E-state index contributed by atoms with van der Waals surface area (Å²) >= 11 is 0. The third-order valence-corrected chi connectivity index (χ3v) is 2.23. The smallest absolute Gasteiger partial charge is 0.00970 e. The van der Waals surface area contributed by atoms with Crippen LogP contribution in [0.3, 0.4) is 0 Å². The van der Waals surface area contributed by atoms with Crippen LogP contribution in [-0.4, -0.2) is 25.2 Å². The van der Waals surface area contributed by atoms with Gasteiger partial charge in [0, 0.05) is 18.6 Å². The molecule has 0 aromatic rings. The minimum absolute atomic E-state index is 0.247. The molecule has 2 nitrogen and oxygen atoms in total. The van der Waals surface area contributed by atoms with Gasteiger partial charge in [0.15, 0.2) is 0 Å². The van der Waals surface area contributed by atoms with Crippen LogP contribution in [0.5, 0.6) is 0 Å². The molecule has 0 aliphatic rings. The molecular weight excluding hydrogens is 172 g/mol. The van der Waals surface area contributed by atoms with E-state index in [9.17, 15) is 0 Å². The molecule has 0 aliphatic carbocycles. The van der Waals surface area contributed by atoms with Gasteiger partial charge in [-0.2, -0.15) is 0 Å². The van der Waals surface area contributed by atoms with E-state index >= 15 is 0 Å². The van der Waals surface area contributed by atoms with Crippen LogP contribution in [0.1, 0.15) is 47.5 Å². The highest BCUT2D eigenvalue weighted by molar-refractivity contribution is 4.70.